The van der Waals surface area contributed by atoms with Gasteiger partial charge in [-0.25, -0.2) is 0 Å². The third kappa shape index (κ3) is 2.56. The van der Waals surface area contributed by atoms with Gasteiger partial charge in [0.1, 0.15) is 0 Å². The van der Waals surface area contributed by atoms with Crippen molar-refractivity contribution in [3.8, 4) is 12.3 Å². The Bertz CT molecular complexity index is 946. The standard InChI is InChI=1S/C23H15ClO/c1-2-17(15-11-13-16(24)14-12-15)22-18-7-3-5-9-20(18)23(25)21-10-6-4-8-19(21)22/h1,3-14,17,22H/t17-/m0/s1. The third-order valence-corrected chi connectivity index (χ3v) is 5.07. The Hall–Kier alpha value is -2.82. The lowest BCUT2D eigenvalue weighted by Crippen LogP contribution is -2.23. The second kappa shape index (κ2) is 6.24. The lowest BCUT2D eigenvalue weighted by Gasteiger charge is -2.31. The van der Waals surface area contributed by atoms with Crippen molar-refractivity contribution >= 4 is 17.4 Å². The van der Waals surface area contributed by atoms with Gasteiger partial charge in [0.25, 0.3) is 0 Å². The minimum Gasteiger partial charge on any atom is -0.289 e. The Morgan fingerprint density at radius 1 is 0.840 bits per heavy atom. The van der Waals surface area contributed by atoms with Crippen molar-refractivity contribution in [3.63, 3.8) is 0 Å². The second-order valence-corrected chi connectivity index (χ2v) is 6.61. The van der Waals surface area contributed by atoms with E-state index in [0.717, 1.165) is 27.8 Å². The molecule has 0 radical (unpaired) electrons. The van der Waals surface area contributed by atoms with Crippen LogP contribution in [0.25, 0.3) is 0 Å². The van der Waals surface area contributed by atoms with Crippen LogP contribution in [0, 0.1) is 12.3 Å². The molecule has 3 aromatic rings. The molecule has 1 aliphatic carbocycles. The van der Waals surface area contributed by atoms with Crippen LogP contribution in [0.15, 0.2) is 72.8 Å². The van der Waals surface area contributed by atoms with Crippen LogP contribution in [0.2, 0.25) is 5.02 Å². The van der Waals surface area contributed by atoms with E-state index in [-0.39, 0.29) is 17.6 Å². The average Bonchev–Trinajstić information content (AvgIpc) is 2.66. The predicted molar refractivity (Wildman–Crippen MR) is 101 cm³/mol. The minimum atomic E-state index is -0.173. The number of hydrogen-bond donors (Lipinski definition) is 0. The summed E-state index contributed by atoms with van der Waals surface area (Å²) in [6.07, 6.45) is 5.95. The van der Waals surface area contributed by atoms with Crippen LogP contribution in [0.3, 0.4) is 0 Å². The first-order valence-corrected chi connectivity index (χ1v) is 8.52. The van der Waals surface area contributed by atoms with Crippen LogP contribution in [0.5, 0.6) is 0 Å². The highest BCUT2D eigenvalue weighted by atomic mass is 35.5. The molecule has 0 aliphatic heterocycles. The molecule has 0 amide bonds. The molecule has 0 saturated heterocycles. The molecule has 0 bridgehead atoms. The molecule has 3 aromatic carbocycles. The van der Waals surface area contributed by atoms with E-state index in [1.54, 1.807) is 0 Å². The number of fused-ring (bicyclic) bond motifs is 2. The van der Waals surface area contributed by atoms with Gasteiger partial charge in [-0.05, 0) is 28.8 Å². The smallest absolute Gasteiger partial charge is 0.193 e. The van der Waals surface area contributed by atoms with Crippen LogP contribution < -0.4 is 0 Å². The molecule has 0 aromatic heterocycles. The summed E-state index contributed by atoms with van der Waals surface area (Å²) in [5, 5.41) is 0.680. The molecule has 1 nitrogen and oxygen atoms in total. The van der Waals surface area contributed by atoms with Gasteiger partial charge in [-0.1, -0.05) is 78.2 Å². The first-order valence-electron chi connectivity index (χ1n) is 8.15. The lowest BCUT2D eigenvalue weighted by atomic mass is 9.70. The molecule has 25 heavy (non-hydrogen) atoms. The van der Waals surface area contributed by atoms with Crippen molar-refractivity contribution in [3.05, 3.63) is 106 Å². The molecule has 1 aliphatic rings. The molecule has 120 valence electrons. The van der Waals surface area contributed by atoms with E-state index in [9.17, 15) is 4.79 Å². The van der Waals surface area contributed by atoms with Crippen molar-refractivity contribution in [2.24, 2.45) is 0 Å². The van der Waals surface area contributed by atoms with Crippen LogP contribution >= 0.6 is 11.6 Å². The van der Waals surface area contributed by atoms with E-state index >= 15 is 0 Å². The number of ketones is 1. The van der Waals surface area contributed by atoms with Gasteiger partial charge < -0.3 is 0 Å². The van der Waals surface area contributed by atoms with Gasteiger partial charge in [-0.15, -0.1) is 6.42 Å². The summed E-state index contributed by atoms with van der Waals surface area (Å²) in [5.41, 5.74) is 4.48. The quantitative estimate of drug-likeness (QED) is 0.567. The van der Waals surface area contributed by atoms with Crippen molar-refractivity contribution in [2.45, 2.75) is 11.8 Å². The monoisotopic (exact) mass is 342 g/mol. The van der Waals surface area contributed by atoms with E-state index in [4.69, 9.17) is 18.0 Å². The van der Waals surface area contributed by atoms with Crippen molar-refractivity contribution in [1.82, 2.24) is 0 Å². The van der Waals surface area contributed by atoms with E-state index in [1.165, 1.54) is 0 Å². The predicted octanol–water partition coefficient (Wildman–Crippen LogP) is 5.43. The number of carbonyl (C=O) groups is 1. The molecule has 0 N–H and O–H groups in total. The van der Waals surface area contributed by atoms with E-state index in [2.05, 4.69) is 5.92 Å². The second-order valence-electron chi connectivity index (χ2n) is 6.18. The molecule has 0 unspecified atom stereocenters. The largest absolute Gasteiger partial charge is 0.289 e. The zero-order chi connectivity index (χ0) is 17.4. The number of halogens is 1. The zero-order valence-electron chi connectivity index (χ0n) is 13.4. The van der Waals surface area contributed by atoms with Gasteiger partial charge in [0.05, 0.1) is 5.92 Å². The Morgan fingerprint density at radius 3 is 1.88 bits per heavy atom. The summed E-state index contributed by atoms with van der Waals surface area (Å²) in [6, 6.07) is 23.1. The summed E-state index contributed by atoms with van der Waals surface area (Å²) >= 11 is 6.03. The number of terminal acetylenes is 1. The van der Waals surface area contributed by atoms with Gasteiger partial charge in [0, 0.05) is 22.1 Å². The van der Waals surface area contributed by atoms with Crippen LogP contribution in [-0.2, 0) is 0 Å². The van der Waals surface area contributed by atoms with E-state index in [0.29, 0.717) is 5.02 Å². The van der Waals surface area contributed by atoms with Crippen LogP contribution in [0.1, 0.15) is 44.4 Å². The Morgan fingerprint density at radius 2 is 1.36 bits per heavy atom. The number of hydrogen-bond acceptors (Lipinski definition) is 1. The number of carbonyl (C=O) groups excluding carboxylic acids is 1. The summed E-state index contributed by atoms with van der Waals surface area (Å²) in [6.45, 7) is 0. The van der Waals surface area contributed by atoms with Crippen molar-refractivity contribution in [2.75, 3.05) is 0 Å². The maximum Gasteiger partial charge on any atom is 0.193 e. The van der Waals surface area contributed by atoms with Gasteiger partial charge in [0.2, 0.25) is 0 Å². The fourth-order valence-electron chi connectivity index (χ4n) is 3.68. The Labute approximate surface area is 152 Å². The van der Waals surface area contributed by atoms with Crippen molar-refractivity contribution < 1.29 is 4.79 Å². The molecule has 0 heterocycles. The highest BCUT2D eigenvalue weighted by Crippen LogP contribution is 2.44. The van der Waals surface area contributed by atoms with Crippen LogP contribution in [-0.4, -0.2) is 5.78 Å². The molecule has 4 rings (SSSR count). The third-order valence-electron chi connectivity index (χ3n) is 4.82. The normalized spacial score (nSPS) is 14.3. The molecule has 0 saturated carbocycles. The van der Waals surface area contributed by atoms with Gasteiger partial charge in [-0.3, -0.25) is 4.79 Å². The fraction of sp³-hybridized carbons (Fsp3) is 0.0870. The molecule has 0 fully saturated rings. The van der Waals surface area contributed by atoms with Gasteiger partial charge in [-0.2, -0.15) is 0 Å². The lowest BCUT2D eigenvalue weighted by molar-refractivity contribution is 0.103. The molecular formula is C23H15ClO. The molecule has 1 atom stereocenters. The SMILES string of the molecule is C#C[C@@H](c1ccc(Cl)cc1)C1c2ccccc2C(=O)c2ccccc21. The summed E-state index contributed by atoms with van der Waals surface area (Å²) in [4.78, 5) is 12.9. The molecule has 0 spiro atoms. The first-order chi connectivity index (χ1) is 12.2. The van der Waals surface area contributed by atoms with E-state index in [1.807, 2.05) is 72.8 Å². The zero-order valence-corrected chi connectivity index (χ0v) is 14.2. The number of benzene rings is 3. The fourth-order valence-corrected chi connectivity index (χ4v) is 3.80. The molecular weight excluding hydrogens is 328 g/mol. The van der Waals surface area contributed by atoms with Gasteiger partial charge >= 0.3 is 0 Å². The maximum absolute atomic E-state index is 12.9. The average molecular weight is 343 g/mol. The first kappa shape index (κ1) is 15.7. The highest BCUT2D eigenvalue weighted by molar-refractivity contribution is 6.30. The topological polar surface area (TPSA) is 17.1 Å². The van der Waals surface area contributed by atoms with Crippen molar-refractivity contribution in [1.29, 1.82) is 0 Å². The highest BCUT2D eigenvalue weighted by Gasteiger charge is 2.35. The maximum atomic E-state index is 12.9. The molecule has 2 heteroatoms. The number of rotatable bonds is 2. The summed E-state index contributed by atoms with van der Waals surface area (Å²) in [7, 11) is 0. The summed E-state index contributed by atoms with van der Waals surface area (Å²) < 4.78 is 0. The Kier molecular flexibility index (Phi) is 3.92. The Balaban J connectivity index is 1.95. The van der Waals surface area contributed by atoms with E-state index < -0.39 is 0 Å². The van der Waals surface area contributed by atoms with Gasteiger partial charge in [0.15, 0.2) is 5.78 Å². The minimum absolute atomic E-state index is 0.0590. The summed E-state index contributed by atoms with van der Waals surface area (Å²) in [5.74, 6) is 2.78. The van der Waals surface area contributed by atoms with Crippen LogP contribution in [0.4, 0.5) is 0 Å².